The van der Waals surface area contributed by atoms with Crippen LogP contribution in [-0.2, 0) is 0 Å². The number of aromatic amines is 1. The van der Waals surface area contributed by atoms with Crippen molar-refractivity contribution in [2.45, 2.75) is 37.8 Å². The summed E-state index contributed by atoms with van der Waals surface area (Å²) in [5, 5.41) is 20.4. The van der Waals surface area contributed by atoms with Crippen molar-refractivity contribution < 1.29 is 9.90 Å². The fourth-order valence-electron chi connectivity index (χ4n) is 2.82. The Bertz CT molecular complexity index is 654. The second kappa shape index (κ2) is 6.50. The molecule has 1 amide bonds. The molecule has 0 radical (unpaired) electrons. The number of hydrogen-bond donors (Lipinski definition) is 3. The standard InChI is InChI=1S/C16H18ClN3O2/c17-11-7-5-10(6-8-11)15-12(9-18-20-15)16(22)19-13-3-1-2-4-14(13)21/h5-9,13-14,21H,1-4H2,(H,18,20)(H,19,22)/t13-,14+/m0/s1. The summed E-state index contributed by atoms with van der Waals surface area (Å²) in [6.45, 7) is 0. The van der Waals surface area contributed by atoms with E-state index in [0.717, 1.165) is 31.2 Å². The summed E-state index contributed by atoms with van der Waals surface area (Å²) in [5.41, 5.74) is 1.97. The predicted octanol–water partition coefficient (Wildman–Crippen LogP) is 2.76. The van der Waals surface area contributed by atoms with Gasteiger partial charge in [-0.15, -0.1) is 0 Å². The maximum absolute atomic E-state index is 12.5. The van der Waals surface area contributed by atoms with Crippen LogP contribution < -0.4 is 5.32 Å². The van der Waals surface area contributed by atoms with Gasteiger partial charge in [0.25, 0.3) is 5.91 Å². The fourth-order valence-corrected chi connectivity index (χ4v) is 2.95. The lowest BCUT2D eigenvalue weighted by Crippen LogP contribution is -2.45. The van der Waals surface area contributed by atoms with Gasteiger partial charge >= 0.3 is 0 Å². The van der Waals surface area contributed by atoms with Crippen molar-refractivity contribution in [2.75, 3.05) is 0 Å². The smallest absolute Gasteiger partial charge is 0.255 e. The van der Waals surface area contributed by atoms with Crippen LogP contribution in [0.4, 0.5) is 0 Å². The summed E-state index contributed by atoms with van der Waals surface area (Å²) in [5.74, 6) is -0.218. The molecule has 3 N–H and O–H groups in total. The molecular formula is C16H18ClN3O2. The molecule has 0 saturated heterocycles. The Labute approximate surface area is 133 Å². The molecule has 6 heteroatoms. The lowest BCUT2D eigenvalue weighted by atomic mass is 9.92. The zero-order chi connectivity index (χ0) is 15.5. The van der Waals surface area contributed by atoms with E-state index in [2.05, 4.69) is 15.5 Å². The van der Waals surface area contributed by atoms with Crippen molar-refractivity contribution in [3.05, 3.63) is 41.0 Å². The van der Waals surface area contributed by atoms with Gasteiger partial charge in [0.2, 0.25) is 0 Å². The lowest BCUT2D eigenvalue weighted by molar-refractivity contribution is 0.0718. The summed E-state index contributed by atoms with van der Waals surface area (Å²) in [4.78, 5) is 12.5. The number of rotatable bonds is 3. The van der Waals surface area contributed by atoms with Crippen LogP contribution in [0.5, 0.6) is 0 Å². The van der Waals surface area contributed by atoms with Crippen LogP contribution in [0.2, 0.25) is 5.02 Å². The summed E-state index contributed by atoms with van der Waals surface area (Å²) < 4.78 is 0. The Kier molecular flexibility index (Phi) is 4.45. The number of aliphatic hydroxyl groups is 1. The molecule has 1 fully saturated rings. The molecule has 0 spiro atoms. The van der Waals surface area contributed by atoms with E-state index in [1.54, 1.807) is 12.1 Å². The second-order valence-electron chi connectivity index (χ2n) is 5.60. The van der Waals surface area contributed by atoms with Crippen molar-refractivity contribution >= 4 is 17.5 Å². The average molecular weight is 320 g/mol. The molecule has 22 heavy (non-hydrogen) atoms. The highest BCUT2D eigenvalue weighted by molar-refractivity contribution is 6.30. The van der Waals surface area contributed by atoms with Crippen LogP contribution in [-0.4, -0.2) is 33.4 Å². The molecule has 1 aliphatic carbocycles. The van der Waals surface area contributed by atoms with Gasteiger partial charge in [-0.25, -0.2) is 0 Å². The summed E-state index contributed by atoms with van der Waals surface area (Å²) in [6, 6.07) is 7.02. The van der Waals surface area contributed by atoms with Gasteiger partial charge in [0, 0.05) is 10.6 Å². The van der Waals surface area contributed by atoms with Crippen molar-refractivity contribution in [3.8, 4) is 11.3 Å². The van der Waals surface area contributed by atoms with Crippen LogP contribution in [0.15, 0.2) is 30.5 Å². The first-order valence-electron chi connectivity index (χ1n) is 7.43. The number of aromatic nitrogens is 2. The number of carbonyl (C=O) groups excluding carboxylic acids is 1. The lowest BCUT2D eigenvalue weighted by Gasteiger charge is -2.28. The first kappa shape index (κ1) is 15.1. The van der Waals surface area contributed by atoms with E-state index in [9.17, 15) is 9.90 Å². The van der Waals surface area contributed by atoms with Gasteiger partial charge in [-0.1, -0.05) is 36.6 Å². The molecule has 0 unspecified atom stereocenters. The van der Waals surface area contributed by atoms with Gasteiger partial charge in [0.15, 0.2) is 0 Å². The monoisotopic (exact) mass is 319 g/mol. The van der Waals surface area contributed by atoms with Crippen LogP contribution in [0.25, 0.3) is 11.3 Å². The quantitative estimate of drug-likeness (QED) is 0.814. The first-order valence-corrected chi connectivity index (χ1v) is 7.81. The highest BCUT2D eigenvalue weighted by Gasteiger charge is 2.26. The van der Waals surface area contributed by atoms with E-state index in [-0.39, 0.29) is 11.9 Å². The molecule has 2 atom stereocenters. The van der Waals surface area contributed by atoms with E-state index < -0.39 is 6.10 Å². The van der Waals surface area contributed by atoms with Crippen molar-refractivity contribution in [1.82, 2.24) is 15.5 Å². The minimum Gasteiger partial charge on any atom is -0.391 e. The number of benzene rings is 1. The first-order chi connectivity index (χ1) is 10.6. The Morgan fingerprint density at radius 1 is 1.27 bits per heavy atom. The molecule has 0 bridgehead atoms. The zero-order valence-corrected chi connectivity index (χ0v) is 12.8. The molecule has 1 heterocycles. The highest BCUT2D eigenvalue weighted by Crippen LogP contribution is 2.24. The normalized spacial score (nSPS) is 21.5. The summed E-state index contributed by atoms with van der Waals surface area (Å²) in [7, 11) is 0. The number of carbonyl (C=O) groups is 1. The molecule has 1 aliphatic rings. The Hall–Kier alpha value is -1.85. The van der Waals surface area contributed by atoms with Crippen molar-refractivity contribution in [1.29, 1.82) is 0 Å². The number of nitrogens with zero attached hydrogens (tertiary/aromatic N) is 1. The number of hydrogen-bond acceptors (Lipinski definition) is 3. The van der Waals surface area contributed by atoms with Crippen LogP contribution >= 0.6 is 11.6 Å². The van der Waals surface area contributed by atoms with Crippen LogP contribution in [0, 0.1) is 0 Å². The van der Waals surface area contributed by atoms with E-state index in [4.69, 9.17) is 11.6 Å². The van der Waals surface area contributed by atoms with Crippen molar-refractivity contribution in [2.24, 2.45) is 0 Å². The fraction of sp³-hybridized carbons (Fsp3) is 0.375. The molecule has 3 rings (SSSR count). The number of aliphatic hydroxyl groups excluding tert-OH is 1. The number of H-pyrrole nitrogens is 1. The third-order valence-electron chi connectivity index (χ3n) is 4.06. The van der Waals surface area contributed by atoms with E-state index in [0.29, 0.717) is 16.3 Å². The molecule has 1 saturated carbocycles. The molecule has 1 aromatic carbocycles. The van der Waals surface area contributed by atoms with E-state index in [1.807, 2.05) is 12.1 Å². The van der Waals surface area contributed by atoms with Gasteiger partial charge in [-0.05, 0) is 25.0 Å². The van der Waals surface area contributed by atoms with Gasteiger partial charge in [-0.3, -0.25) is 9.89 Å². The maximum Gasteiger partial charge on any atom is 0.255 e. The zero-order valence-electron chi connectivity index (χ0n) is 12.1. The SMILES string of the molecule is O=C(N[C@H]1CCCC[C@H]1O)c1cn[nH]c1-c1ccc(Cl)cc1. The topological polar surface area (TPSA) is 78.0 Å². The van der Waals surface area contributed by atoms with E-state index in [1.165, 1.54) is 6.20 Å². The van der Waals surface area contributed by atoms with Gasteiger partial charge in [0.1, 0.15) is 0 Å². The Morgan fingerprint density at radius 2 is 2.00 bits per heavy atom. The second-order valence-corrected chi connectivity index (χ2v) is 6.03. The third-order valence-corrected chi connectivity index (χ3v) is 4.31. The molecule has 2 aromatic rings. The number of halogens is 1. The molecular weight excluding hydrogens is 302 g/mol. The van der Waals surface area contributed by atoms with Crippen LogP contribution in [0.3, 0.4) is 0 Å². The number of amides is 1. The average Bonchev–Trinajstić information content (AvgIpc) is 3.00. The summed E-state index contributed by atoms with van der Waals surface area (Å²) >= 11 is 5.89. The Balaban J connectivity index is 1.79. The molecule has 0 aliphatic heterocycles. The van der Waals surface area contributed by atoms with Crippen molar-refractivity contribution in [3.63, 3.8) is 0 Å². The molecule has 116 valence electrons. The highest BCUT2D eigenvalue weighted by atomic mass is 35.5. The maximum atomic E-state index is 12.5. The summed E-state index contributed by atoms with van der Waals surface area (Å²) in [6.07, 6.45) is 4.62. The molecule has 1 aromatic heterocycles. The molecule has 5 nitrogen and oxygen atoms in total. The van der Waals surface area contributed by atoms with E-state index >= 15 is 0 Å². The minimum absolute atomic E-state index is 0.186. The third kappa shape index (κ3) is 3.15. The minimum atomic E-state index is -0.469. The largest absolute Gasteiger partial charge is 0.391 e. The Morgan fingerprint density at radius 3 is 2.73 bits per heavy atom. The van der Waals surface area contributed by atoms with Gasteiger partial charge < -0.3 is 10.4 Å². The van der Waals surface area contributed by atoms with Gasteiger partial charge in [0.05, 0.1) is 29.6 Å². The van der Waals surface area contributed by atoms with Gasteiger partial charge in [-0.2, -0.15) is 5.10 Å². The van der Waals surface area contributed by atoms with Crippen LogP contribution in [0.1, 0.15) is 36.0 Å². The predicted molar refractivity (Wildman–Crippen MR) is 84.8 cm³/mol. The number of nitrogens with one attached hydrogen (secondary N) is 2.